The monoisotopic (exact) mass is 431 g/mol. The van der Waals surface area contributed by atoms with E-state index in [1.165, 1.54) is 31.2 Å². The summed E-state index contributed by atoms with van der Waals surface area (Å²) in [4.78, 5) is 13.8. The molecule has 2 aliphatic rings. The lowest BCUT2D eigenvalue weighted by atomic mass is 10.1. The maximum atomic E-state index is 12.0. The van der Waals surface area contributed by atoms with Crippen molar-refractivity contribution in [3.05, 3.63) is 64.1 Å². The van der Waals surface area contributed by atoms with Crippen molar-refractivity contribution in [3.8, 4) is 5.75 Å². The average molecular weight is 432 g/mol. The lowest BCUT2D eigenvalue weighted by Gasteiger charge is -2.17. The first-order valence-electron chi connectivity index (χ1n) is 9.78. The minimum absolute atomic E-state index is 0.247. The predicted octanol–water partition coefficient (Wildman–Crippen LogP) is 6.35. The minimum atomic E-state index is 0.247. The SMILES string of the molecule is CCCCCCCC(=O)N(C)Cc1cccc(Br)c1.c1cc2ccc1CO2. The third kappa shape index (κ3) is 8.17. The van der Waals surface area contributed by atoms with Crippen LogP contribution in [0.25, 0.3) is 0 Å². The lowest BCUT2D eigenvalue weighted by Crippen LogP contribution is -2.25. The molecule has 0 fully saturated rings. The molecule has 0 saturated carbocycles. The molecule has 4 rings (SSSR count). The van der Waals surface area contributed by atoms with Crippen molar-refractivity contribution in [2.45, 2.75) is 58.6 Å². The smallest absolute Gasteiger partial charge is 0.222 e. The number of nitrogens with zero attached hydrogens (tertiary/aromatic N) is 1. The summed E-state index contributed by atoms with van der Waals surface area (Å²) in [7, 11) is 1.88. The van der Waals surface area contributed by atoms with Gasteiger partial charge in [-0.25, -0.2) is 0 Å². The van der Waals surface area contributed by atoms with E-state index in [0.29, 0.717) is 13.0 Å². The molecule has 0 N–H and O–H groups in total. The van der Waals surface area contributed by atoms with Gasteiger partial charge in [0, 0.05) is 24.5 Å². The van der Waals surface area contributed by atoms with Gasteiger partial charge in [0.2, 0.25) is 5.91 Å². The summed E-state index contributed by atoms with van der Waals surface area (Å²) in [6.07, 6.45) is 6.64. The Morgan fingerprint density at radius 3 is 2.33 bits per heavy atom. The number of unbranched alkanes of at least 4 members (excludes halogenated alkanes) is 4. The fourth-order valence-electron chi connectivity index (χ4n) is 2.92. The van der Waals surface area contributed by atoms with Crippen molar-refractivity contribution in [2.24, 2.45) is 0 Å². The Kier molecular flexibility index (Phi) is 9.40. The van der Waals surface area contributed by atoms with Gasteiger partial charge in [0.15, 0.2) is 0 Å². The van der Waals surface area contributed by atoms with Gasteiger partial charge in [0.1, 0.15) is 12.4 Å². The van der Waals surface area contributed by atoms with E-state index in [0.717, 1.165) is 28.8 Å². The van der Waals surface area contributed by atoms with Crippen molar-refractivity contribution in [1.82, 2.24) is 4.90 Å². The number of carbonyl (C=O) groups excluding carboxylic acids is 1. The summed E-state index contributed by atoms with van der Waals surface area (Å²) in [5, 5.41) is 0. The minimum Gasteiger partial charge on any atom is -0.489 e. The summed E-state index contributed by atoms with van der Waals surface area (Å²) in [6.45, 7) is 3.66. The van der Waals surface area contributed by atoms with Gasteiger partial charge in [-0.3, -0.25) is 4.79 Å². The zero-order chi connectivity index (χ0) is 19.5. The molecule has 0 atom stereocenters. The lowest BCUT2D eigenvalue weighted by molar-refractivity contribution is -0.130. The molecule has 146 valence electrons. The fourth-order valence-corrected chi connectivity index (χ4v) is 3.36. The molecular formula is C23H30BrNO2. The van der Waals surface area contributed by atoms with Gasteiger partial charge < -0.3 is 9.64 Å². The van der Waals surface area contributed by atoms with Gasteiger partial charge in [0.25, 0.3) is 0 Å². The van der Waals surface area contributed by atoms with Crippen LogP contribution < -0.4 is 4.74 Å². The van der Waals surface area contributed by atoms with Gasteiger partial charge in [-0.1, -0.05) is 72.8 Å². The highest BCUT2D eigenvalue weighted by molar-refractivity contribution is 9.10. The zero-order valence-electron chi connectivity index (χ0n) is 16.4. The van der Waals surface area contributed by atoms with Gasteiger partial charge in [0.05, 0.1) is 0 Å². The molecule has 0 saturated heterocycles. The molecule has 0 radical (unpaired) electrons. The summed E-state index contributed by atoms with van der Waals surface area (Å²) < 4.78 is 6.24. The number of halogens is 1. The van der Waals surface area contributed by atoms with Crippen molar-refractivity contribution in [2.75, 3.05) is 7.05 Å². The Bertz CT molecular complexity index is 677. The van der Waals surface area contributed by atoms with Crippen LogP contribution in [0.15, 0.2) is 53.0 Å². The Hall–Kier alpha value is -1.81. The van der Waals surface area contributed by atoms with E-state index in [4.69, 9.17) is 4.74 Å². The van der Waals surface area contributed by atoms with Crippen molar-refractivity contribution in [1.29, 1.82) is 0 Å². The Morgan fingerprint density at radius 1 is 1.07 bits per heavy atom. The van der Waals surface area contributed by atoms with Crippen molar-refractivity contribution < 1.29 is 9.53 Å². The fraction of sp³-hybridized carbons (Fsp3) is 0.435. The number of benzene rings is 2. The number of hydrogen-bond acceptors (Lipinski definition) is 2. The number of carbonyl (C=O) groups is 1. The van der Waals surface area contributed by atoms with Crippen LogP contribution in [0.1, 0.15) is 56.6 Å². The van der Waals surface area contributed by atoms with Crippen LogP contribution >= 0.6 is 15.9 Å². The van der Waals surface area contributed by atoms with Crippen LogP contribution in [0, 0.1) is 0 Å². The summed E-state index contributed by atoms with van der Waals surface area (Å²) in [5.41, 5.74) is 2.43. The molecule has 0 spiro atoms. The normalized spacial score (nSPS) is 11.4. The van der Waals surface area contributed by atoms with Gasteiger partial charge in [-0.05, 0) is 41.8 Å². The highest BCUT2D eigenvalue weighted by Crippen LogP contribution is 2.19. The highest BCUT2D eigenvalue weighted by Gasteiger charge is 2.09. The zero-order valence-corrected chi connectivity index (χ0v) is 18.0. The molecule has 2 aliphatic heterocycles. The second-order valence-electron chi connectivity index (χ2n) is 6.98. The maximum absolute atomic E-state index is 12.0. The average Bonchev–Trinajstić information content (AvgIpc) is 2.69. The molecule has 2 heterocycles. The first-order chi connectivity index (χ1) is 13.1. The second kappa shape index (κ2) is 11.8. The molecule has 0 aliphatic carbocycles. The second-order valence-corrected chi connectivity index (χ2v) is 7.89. The van der Waals surface area contributed by atoms with Crippen molar-refractivity contribution >= 4 is 21.8 Å². The van der Waals surface area contributed by atoms with Crippen LogP contribution in [-0.2, 0) is 17.9 Å². The van der Waals surface area contributed by atoms with Crippen LogP contribution in [0.4, 0.5) is 0 Å². The van der Waals surface area contributed by atoms with Crippen molar-refractivity contribution in [3.63, 3.8) is 0 Å². The number of amides is 1. The van der Waals surface area contributed by atoms with Gasteiger partial charge in [-0.2, -0.15) is 0 Å². The molecule has 3 nitrogen and oxygen atoms in total. The van der Waals surface area contributed by atoms with E-state index in [-0.39, 0.29) is 5.91 Å². The first kappa shape index (κ1) is 21.5. The maximum Gasteiger partial charge on any atom is 0.222 e. The Balaban J connectivity index is 0.000000266. The molecule has 1 amide bonds. The summed E-state index contributed by atoms with van der Waals surface area (Å²) >= 11 is 3.45. The van der Waals surface area contributed by atoms with E-state index < -0.39 is 0 Å². The largest absolute Gasteiger partial charge is 0.489 e. The van der Waals surface area contributed by atoms with Gasteiger partial charge >= 0.3 is 0 Å². The predicted molar refractivity (Wildman–Crippen MR) is 115 cm³/mol. The van der Waals surface area contributed by atoms with E-state index in [1.807, 2.05) is 36.2 Å². The van der Waals surface area contributed by atoms with Crippen LogP contribution in [0.5, 0.6) is 5.75 Å². The Morgan fingerprint density at radius 2 is 1.81 bits per heavy atom. The molecular weight excluding hydrogens is 402 g/mol. The third-order valence-electron chi connectivity index (χ3n) is 4.56. The van der Waals surface area contributed by atoms with Gasteiger partial charge in [-0.15, -0.1) is 0 Å². The third-order valence-corrected chi connectivity index (χ3v) is 5.05. The van der Waals surface area contributed by atoms with E-state index in [1.54, 1.807) is 0 Å². The molecule has 0 aromatic heterocycles. The molecule has 0 unspecified atom stereocenters. The highest BCUT2D eigenvalue weighted by atomic mass is 79.9. The molecule has 4 heteroatoms. The summed E-state index contributed by atoms with van der Waals surface area (Å²) in [5.74, 6) is 1.23. The van der Waals surface area contributed by atoms with E-state index >= 15 is 0 Å². The first-order valence-corrected chi connectivity index (χ1v) is 10.6. The van der Waals surface area contributed by atoms with E-state index in [2.05, 4.69) is 47.1 Å². The molecule has 27 heavy (non-hydrogen) atoms. The standard InChI is InChI=1S/C16H24BrNO.C7H6O/c1-3-4-5-6-7-11-16(19)18(2)13-14-9-8-10-15(17)12-14;1-3-7-4-2-6(1)5-8-7/h8-10,12H,3-7,11,13H2,1-2H3;1-4H,5H2. The molecule has 2 aromatic carbocycles. The number of hydrogen-bond donors (Lipinski definition) is 0. The number of rotatable bonds is 8. The molecule has 2 aromatic rings. The van der Waals surface area contributed by atoms with E-state index in [9.17, 15) is 4.79 Å². The molecule has 2 bridgehead atoms. The summed E-state index contributed by atoms with van der Waals surface area (Å²) in [6, 6.07) is 16.2. The Labute approximate surface area is 171 Å². The number of fused-ring (bicyclic) bond motifs is 3. The van der Waals surface area contributed by atoms with Crippen LogP contribution in [0.3, 0.4) is 0 Å². The van der Waals surface area contributed by atoms with Crippen LogP contribution in [0.2, 0.25) is 0 Å². The quantitative estimate of drug-likeness (QED) is 0.455. The number of ether oxygens (including phenoxy) is 1. The van der Waals surface area contributed by atoms with Crippen LogP contribution in [-0.4, -0.2) is 17.9 Å². The topological polar surface area (TPSA) is 29.5 Å².